The quantitative estimate of drug-likeness (QED) is 0.710. The zero-order valence-electron chi connectivity index (χ0n) is 12.4. The van der Waals surface area contributed by atoms with Gasteiger partial charge < -0.3 is 25.4 Å². The molecule has 0 bridgehead atoms. The van der Waals surface area contributed by atoms with E-state index in [9.17, 15) is 9.59 Å². The Bertz CT molecular complexity index is 624. The molecule has 1 unspecified atom stereocenters. The van der Waals surface area contributed by atoms with Crippen LogP contribution in [0.3, 0.4) is 0 Å². The van der Waals surface area contributed by atoms with Crippen molar-refractivity contribution in [1.29, 1.82) is 0 Å². The number of hydrogen-bond acceptors (Lipinski definition) is 8. The number of anilines is 1. The minimum Gasteiger partial charge on any atom is -0.479 e. The number of ether oxygens (including phenoxy) is 2. The number of urea groups is 1. The highest BCUT2D eigenvalue weighted by Crippen LogP contribution is 2.46. The van der Waals surface area contributed by atoms with Crippen molar-refractivity contribution in [3.63, 3.8) is 0 Å². The van der Waals surface area contributed by atoms with Gasteiger partial charge in [0.25, 0.3) is 0 Å². The number of nitrogens with zero attached hydrogens (tertiary/aromatic N) is 4. The van der Waals surface area contributed by atoms with Crippen molar-refractivity contribution >= 4 is 29.6 Å². The maximum atomic E-state index is 12.2. The molecule has 0 spiro atoms. The molecule has 23 heavy (non-hydrogen) atoms. The van der Waals surface area contributed by atoms with E-state index in [1.807, 2.05) is 0 Å². The van der Waals surface area contributed by atoms with E-state index < -0.39 is 17.7 Å². The maximum Gasteiger partial charge on any atom is 0.412 e. The standard InChI is InChI=1S/C12H16N6O4S/c1-21-8-7-9(16-6-15-8)23-12(18(7)10(13)19)22-11(20)17-4-2-14-3-5-17/h6,12,14H,2-5H2,1H3,(H2,13,19). The molecule has 1 atom stereocenters. The Balaban J connectivity index is 1.80. The van der Waals surface area contributed by atoms with Gasteiger partial charge >= 0.3 is 12.1 Å². The highest BCUT2D eigenvalue weighted by Gasteiger charge is 2.41. The maximum absolute atomic E-state index is 12.2. The number of nitrogens with two attached hydrogens (primary N) is 1. The molecule has 11 heteroatoms. The van der Waals surface area contributed by atoms with Crippen LogP contribution >= 0.6 is 11.8 Å². The van der Waals surface area contributed by atoms with Crippen molar-refractivity contribution in [2.75, 3.05) is 38.2 Å². The first-order valence-corrected chi connectivity index (χ1v) is 7.80. The van der Waals surface area contributed by atoms with E-state index >= 15 is 0 Å². The van der Waals surface area contributed by atoms with Crippen LogP contribution in [0.2, 0.25) is 0 Å². The number of amides is 3. The Morgan fingerprint density at radius 2 is 2.13 bits per heavy atom. The minimum absolute atomic E-state index is 0.196. The Morgan fingerprint density at radius 3 is 2.78 bits per heavy atom. The first-order chi connectivity index (χ1) is 11.1. The molecule has 2 aliphatic heterocycles. The number of thioether (sulfide) groups is 1. The van der Waals surface area contributed by atoms with E-state index in [0.29, 0.717) is 36.9 Å². The SMILES string of the molecule is COc1ncnc2c1N(C(N)=O)C(OC(=O)N1CCNCC1)S2. The van der Waals surface area contributed by atoms with E-state index in [2.05, 4.69) is 15.3 Å². The molecular formula is C12H16N6O4S. The van der Waals surface area contributed by atoms with Gasteiger partial charge in [-0.1, -0.05) is 0 Å². The first-order valence-electron chi connectivity index (χ1n) is 6.92. The molecule has 1 aromatic heterocycles. The molecule has 3 rings (SSSR count). The fraction of sp³-hybridized carbons (Fsp3) is 0.500. The Hall–Kier alpha value is -2.27. The van der Waals surface area contributed by atoms with Gasteiger partial charge in [-0.2, -0.15) is 4.98 Å². The molecule has 3 heterocycles. The zero-order chi connectivity index (χ0) is 16.4. The largest absolute Gasteiger partial charge is 0.479 e. The van der Waals surface area contributed by atoms with Gasteiger partial charge in [0.15, 0.2) is 0 Å². The number of aromatic nitrogens is 2. The van der Waals surface area contributed by atoms with Crippen molar-refractivity contribution in [3.8, 4) is 5.88 Å². The van der Waals surface area contributed by atoms with Gasteiger partial charge in [-0.3, -0.25) is 0 Å². The molecule has 0 saturated carbocycles. The molecule has 3 N–H and O–H groups in total. The highest BCUT2D eigenvalue weighted by atomic mass is 32.2. The highest BCUT2D eigenvalue weighted by molar-refractivity contribution is 8.00. The molecule has 1 saturated heterocycles. The normalized spacial score (nSPS) is 20.1. The van der Waals surface area contributed by atoms with Crippen molar-refractivity contribution in [3.05, 3.63) is 6.33 Å². The smallest absolute Gasteiger partial charge is 0.412 e. The molecule has 10 nitrogen and oxygen atoms in total. The second kappa shape index (κ2) is 6.46. The molecule has 0 aliphatic carbocycles. The van der Waals surface area contributed by atoms with Gasteiger partial charge in [0.2, 0.25) is 11.4 Å². The van der Waals surface area contributed by atoms with Gasteiger partial charge in [0.1, 0.15) is 17.0 Å². The summed E-state index contributed by atoms with van der Waals surface area (Å²) >= 11 is 1.10. The first kappa shape index (κ1) is 15.6. The number of methoxy groups -OCH3 is 1. The van der Waals surface area contributed by atoms with E-state index in [1.165, 1.54) is 13.4 Å². The van der Waals surface area contributed by atoms with Crippen LogP contribution < -0.4 is 20.7 Å². The van der Waals surface area contributed by atoms with Crippen molar-refractivity contribution in [1.82, 2.24) is 20.2 Å². The fourth-order valence-corrected chi connectivity index (χ4v) is 3.38. The van der Waals surface area contributed by atoms with Crippen molar-refractivity contribution in [2.24, 2.45) is 5.73 Å². The third-order valence-corrected chi connectivity index (χ3v) is 4.46. The molecule has 1 fully saturated rings. The van der Waals surface area contributed by atoms with Gasteiger partial charge in [-0.05, 0) is 11.8 Å². The molecule has 3 amide bonds. The average Bonchev–Trinajstić information content (AvgIpc) is 2.93. The van der Waals surface area contributed by atoms with E-state index in [1.54, 1.807) is 4.90 Å². The molecule has 1 aromatic rings. The van der Waals surface area contributed by atoms with Gasteiger partial charge in [0, 0.05) is 26.2 Å². The van der Waals surface area contributed by atoms with Gasteiger partial charge in [-0.15, -0.1) is 0 Å². The summed E-state index contributed by atoms with van der Waals surface area (Å²) in [5.74, 6) is 0.196. The molecule has 124 valence electrons. The zero-order valence-corrected chi connectivity index (χ0v) is 13.2. The number of hydrogen-bond donors (Lipinski definition) is 2. The number of carbonyl (C=O) groups is 2. The molecule has 2 aliphatic rings. The number of carbonyl (C=O) groups excluding carboxylic acids is 2. The van der Waals surface area contributed by atoms with Crippen LogP contribution in [0.25, 0.3) is 0 Å². The second-order valence-electron chi connectivity index (χ2n) is 4.79. The monoisotopic (exact) mass is 340 g/mol. The van der Waals surface area contributed by atoms with Crippen LogP contribution in [0.1, 0.15) is 0 Å². The molecular weight excluding hydrogens is 324 g/mol. The minimum atomic E-state index is -0.935. The van der Waals surface area contributed by atoms with Crippen LogP contribution in [0.15, 0.2) is 11.4 Å². The van der Waals surface area contributed by atoms with Crippen LogP contribution in [0.4, 0.5) is 15.3 Å². The Kier molecular flexibility index (Phi) is 4.39. The fourth-order valence-electron chi connectivity index (χ4n) is 2.34. The van der Waals surface area contributed by atoms with E-state index in [4.69, 9.17) is 15.2 Å². The Labute approximate surface area is 136 Å². The number of nitrogens with one attached hydrogen (secondary N) is 1. The second-order valence-corrected chi connectivity index (χ2v) is 5.82. The average molecular weight is 340 g/mol. The summed E-state index contributed by atoms with van der Waals surface area (Å²) in [5, 5.41) is 3.61. The Morgan fingerprint density at radius 1 is 1.39 bits per heavy atom. The summed E-state index contributed by atoms with van der Waals surface area (Å²) in [5.41, 5.74) is 4.80. The summed E-state index contributed by atoms with van der Waals surface area (Å²) in [6.45, 7) is 2.49. The predicted molar refractivity (Wildman–Crippen MR) is 81.2 cm³/mol. The van der Waals surface area contributed by atoms with Crippen LogP contribution in [0, 0.1) is 0 Å². The summed E-state index contributed by atoms with van der Waals surface area (Å²) in [4.78, 5) is 34.8. The third kappa shape index (κ3) is 2.97. The summed E-state index contributed by atoms with van der Waals surface area (Å²) in [6, 6.07) is -0.775. The lowest BCUT2D eigenvalue weighted by Gasteiger charge is -2.29. The van der Waals surface area contributed by atoms with Crippen LogP contribution in [0.5, 0.6) is 5.88 Å². The topological polar surface area (TPSA) is 123 Å². The number of rotatable bonds is 2. The summed E-state index contributed by atoms with van der Waals surface area (Å²) in [7, 11) is 1.42. The lowest BCUT2D eigenvalue weighted by Crippen LogP contribution is -2.49. The van der Waals surface area contributed by atoms with E-state index in [0.717, 1.165) is 16.7 Å². The lowest BCUT2D eigenvalue weighted by molar-refractivity contribution is 0.0900. The van der Waals surface area contributed by atoms with Crippen LogP contribution in [-0.2, 0) is 4.74 Å². The van der Waals surface area contributed by atoms with E-state index in [-0.39, 0.29) is 5.88 Å². The summed E-state index contributed by atoms with van der Waals surface area (Å²) < 4.78 is 10.6. The van der Waals surface area contributed by atoms with Gasteiger partial charge in [0.05, 0.1) is 7.11 Å². The lowest BCUT2D eigenvalue weighted by atomic mass is 10.4. The predicted octanol–water partition coefficient (Wildman–Crippen LogP) is -0.199. The van der Waals surface area contributed by atoms with Crippen LogP contribution in [-0.4, -0.2) is 65.8 Å². The van der Waals surface area contributed by atoms with Crippen molar-refractivity contribution in [2.45, 2.75) is 10.6 Å². The molecule has 0 radical (unpaired) electrons. The molecule has 0 aromatic carbocycles. The number of fused-ring (bicyclic) bond motifs is 1. The van der Waals surface area contributed by atoms with Gasteiger partial charge in [-0.25, -0.2) is 19.5 Å². The summed E-state index contributed by atoms with van der Waals surface area (Å²) in [6.07, 6.45) is 0.805. The third-order valence-electron chi connectivity index (χ3n) is 3.43. The van der Waals surface area contributed by atoms with Crippen molar-refractivity contribution < 1.29 is 19.1 Å². The number of piperazine rings is 1. The number of primary amides is 1.